The molecule has 0 aliphatic heterocycles. The first-order valence-corrected chi connectivity index (χ1v) is 16.6. The van der Waals surface area contributed by atoms with Gasteiger partial charge >= 0.3 is 0 Å². The fraction of sp³-hybridized carbons (Fsp3) is 0.333. The van der Waals surface area contributed by atoms with E-state index in [2.05, 4.69) is 41.7 Å². The van der Waals surface area contributed by atoms with E-state index in [1.807, 2.05) is 72.8 Å². The van der Waals surface area contributed by atoms with Gasteiger partial charge in [-0.25, -0.2) is 0 Å². The van der Waals surface area contributed by atoms with Gasteiger partial charge in [0.1, 0.15) is 40.6 Å². The van der Waals surface area contributed by atoms with Crippen molar-refractivity contribution in [3.63, 3.8) is 0 Å². The first-order valence-electron chi connectivity index (χ1n) is 14.8. The first-order chi connectivity index (χ1) is 20.6. The van der Waals surface area contributed by atoms with Gasteiger partial charge in [-0.2, -0.15) is 21.0 Å². The fourth-order valence-electron chi connectivity index (χ4n) is 8.45. The van der Waals surface area contributed by atoms with Crippen LogP contribution in [0.1, 0.15) is 32.1 Å². The Morgan fingerprint density at radius 1 is 0.690 bits per heavy atom. The average Bonchev–Trinajstić information content (AvgIpc) is 3.03. The maximum Gasteiger partial charge on any atom is 0.193 e. The van der Waals surface area contributed by atoms with Gasteiger partial charge in [-0.1, -0.05) is 48.5 Å². The molecular weight excluding hydrogens is 533 g/mol. The number of nitriles is 4. The van der Waals surface area contributed by atoms with E-state index < -0.39 is 13.2 Å². The van der Waals surface area contributed by atoms with Crippen LogP contribution in [0.4, 0.5) is 5.69 Å². The van der Waals surface area contributed by atoms with Crippen LogP contribution in [0.5, 0.6) is 0 Å². The van der Waals surface area contributed by atoms with E-state index in [9.17, 15) is 21.0 Å². The standard InChI is InChI=1S/C36H33N5P/c37-20-29(21-38)36(30(22-39)23-40)42(31-9-3-1-4-10-31,32-11-5-2-6-12-32)35-14-8-7-13-34(35)41-24-33-27-16-25-15-26(18-27)19-28(33)17-25/h1-14,25-29,33,41H,15-19,24H2/q+1. The summed E-state index contributed by atoms with van der Waals surface area (Å²) in [5.74, 6) is 2.70. The number of nitrogens with one attached hydrogen (secondary N) is 1. The van der Waals surface area contributed by atoms with Crippen LogP contribution in [0, 0.1) is 80.8 Å². The molecule has 4 aliphatic rings. The van der Waals surface area contributed by atoms with Crippen molar-refractivity contribution >= 4 is 28.9 Å². The van der Waals surface area contributed by atoms with Crippen molar-refractivity contribution in [2.24, 2.45) is 35.5 Å². The van der Waals surface area contributed by atoms with Crippen LogP contribution in [-0.2, 0) is 0 Å². The normalized spacial score (nSPS) is 23.7. The van der Waals surface area contributed by atoms with Crippen LogP contribution in [0.3, 0.4) is 0 Å². The van der Waals surface area contributed by atoms with Gasteiger partial charge in [0.05, 0.1) is 17.8 Å². The zero-order chi connectivity index (χ0) is 29.1. The van der Waals surface area contributed by atoms with Gasteiger partial charge in [0.15, 0.2) is 11.5 Å². The number of rotatable bonds is 8. The molecule has 7 rings (SSSR count). The summed E-state index contributed by atoms with van der Waals surface area (Å²) in [7, 11) is -3.05. The van der Waals surface area contributed by atoms with E-state index in [0.29, 0.717) is 11.2 Å². The van der Waals surface area contributed by atoms with Crippen LogP contribution < -0.4 is 21.2 Å². The summed E-state index contributed by atoms with van der Waals surface area (Å²) in [6.45, 7) is 0.873. The lowest BCUT2D eigenvalue weighted by Crippen LogP contribution is -2.47. The third-order valence-corrected chi connectivity index (χ3v) is 14.3. The van der Waals surface area contributed by atoms with E-state index >= 15 is 0 Å². The molecule has 4 bridgehead atoms. The summed E-state index contributed by atoms with van der Waals surface area (Å²) in [4.78, 5) is 0. The molecule has 3 aromatic carbocycles. The van der Waals surface area contributed by atoms with Crippen LogP contribution in [0.2, 0.25) is 0 Å². The number of allylic oxidation sites excluding steroid dienone is 2. The molecule has 4 fully saturated rings. The lowest BCUT2D eigenvalue weighted by atomic mass is 9.52. The number of para-hydroxylation sites is 1. The molecule has 4 aliphatic carbocycles. The topological polar surface area (TPSA) is 107 Å². The summed E-state index contributed by atoms with van der Waals surface area (Å²) in [5, 5.41) is 48.0. The van der Waals surface area contributed by atoms with Gasteiger partial charge in [-0.05, 0) is 98.1 Å². The highest BCUT2D eigenvalue weighted by Gasteiger charge is 2.56. The summed E-state index contributed by atoms with van der Waals surface area (Å²) >= 11 is 0. The Hall–Kier alpha value is -4.41. The fourth-order valence-corrected chi connectivity index (χ4v) is 13.1. The zero-order valence-corrected chi connectivity index (χ0v) is 24.4. The second-order valence-corrected chi connectivity index (χ2v) is 15.3. The molecule has 42 heavy (non-hydrogen) atoms. The molecule has 4 saturated carbocycles. The second-order valence-electron chi connectivity index (χ2n) is 12.0. The maximum absolute atomic E-state index is 10.3. The van der Waals surface area contributed by atoms with Crippen molar-refractivity contribution in [3.05, 3.63) is 95.8 Å². The van der Waals surface area contributed by atoms with Gasteiger partial charge in [0.2, 0.25) is 0 Å². The van der Waals surface area contributed by atoms with Crippen LogP contribution in [-0.4, -0.2) is 6.54 Å². The van der Waals surface area contributed by atoms with E-state index in [1.165, 1.54) is 32.1 Å². The molecule has 0 saturated heterocycles. The Balaban J connectivity index is 1.57. The van der Waals surface area contributed by atoms with E-state index in [1.54, 1.807) is 0 Å². The minimum absolute atomic E-state index is 0.167. The Bertz CT molecular complexity index is 1550. The minimum Gasteiger partial charge on any atom is -0.382 e. The molecule has 6 heteroatoms. The summed E-state index contributed by atoms with van der Waals surface area (Å²) in [5.41, 5.74) is 0.773. The van der Waals surface area contributed by atoms with Crippen molar-refractivity contribution in [2.75, 3.05) is 11.9 Å². The number of anilines is 1. The lowest BCUT2D eigenvalue weighted by Gasteiger charge is -2.54. The monoisotopic (exact) mass is 566 g/mol. The predicted molar refractivity (Wildman–Crippen MR) is 167 cm³/mol. The van der Waals surface area contributed by atoms with Gasteiger partial charge < -0.3 is 5.32 Å². The molecule has 0 spiro atoms. The third-order valence-electron chi connectivity index (χ3n) is 9.88. The smallest absolute Gasteiger partial charge is 0.193 e. The van der Waals surface area contributed by atoms with Crippen molar-refractivity contribution in [3.8, 4) is 24.3 Å². The van der Waals surface area contributed by atoms with Crippen molar-refractivity contribution in [2.45, 2.75) is 32.1 Å². The van der Waals surface area contributed by atoms with Crippen molar-refractivity contribution in [1.82, 2.24) is 0 Å². The summed E-state index contributed by atoms with van der Waals surface area (Å²) in [6, 6.07) is 36.3. The van der Waals surface area contributed by atoms with Gasteiger partial charge in [-0.15, -0.1) is 0 Å². The SMILES string of the molecule is N#CC(C#N)=C(C(C#N)C#N)[P+](c1ccccc1)(c1ccccc1)c1ccccc1NCC1C2CC3CC(C2)CC1C3. The van der Waals surface area contributed by atoms with E-state index in [4.69, 9.17) is 0 Å². The average molecular weight is 567 g/mol. The molecule has 0 atom stereocenters. The van der Waals surface area contributed by atoms with Gasteiger partial charge in [0, 0.05) is 6.54 Å². The molecule has 206 valence electrons. The lowest BCUT2D eigenvalue weighted by molar-refractivity contribution is -0.0305. The Morgan fingerprint density at radius 3 is 1.69 bits per heavy atom. The molecule has 3 aromatic rings. The highest BCUT2D eigenvalue weighted by Crippen LogP contribution is 2.66. The molecule has 0 heterocycles. The van der Waals surface area contributed by atoms with Gasteiger partial charge in [0.25, 0.3) is 0 Å². The minimum atomic E-state index is -3.05. The van der Waals surface area contributed by atoms with E-state index in [0.717, 1.165) is 51.8 Å². The van der Waals surface area contributed by atoms with Crippen LogP contribution >= 0.6 is 7.26 Å². The number of hydrogen-bond acceptors (Lipinski definition) is 5. The molecule has 0 aromatic heterocycles. The maximum atomic E-state index is 10.3. The van der Waals surface area contributed by atoms with Crippen molar-refractivity contribution in [1.29, 1.82) is 21.0 Å². The van der Waals surface area contributed by atoms with Gasteiger partial charge in [-0.3, -0.25) is 0 Å². The number of nitrogens with zero attached hydrogens (tertiary/aromatic N) is 4. The van der Waals surface area contributed by atoms with Crippen LogP contribution in [0.15, 0.2) is 95.8 Å². The zero-order valence-electron chi connectivity index (χ0n) is 23.5. The number of benzene rings is 3. The Morgan fingerprint density at radius 2 is 1.19 bits per heavy atom. The van der Waals surface area contributed by atoms with Crippen LogP contribution in [0.25, 0.3) is 0 Å². The second kappa shape index (κ2) is 11.8. The predicted octanol–water partition coefficient (Wildman–Crippen LogP) is 6.43. The molecule has 0 radical (unpaired) electrons. The molecule has 1 N–H and O–H groups in total. The third kappa shape index (κ3) is 4.66. The molecular formula is C36H33N5P+. The quantitative estimate of drug-likeness (QED) is 0.250. The Labute approximate surface area is 249 Å². The summed E-state index contributed by atoms with van der Waals surface area (Å²) < 4.78 is 0. The molecule has 0 amide bonds. The Kier molecular flexibility index (Phi) is 7.82. The highest BCUT2D eigenvalue weighted by molar-refractivity contribution is 7.99. The number of hydrogen-bond donors (Lipinski definition) is 1. The van der Waals surface area contributed by atoms with Crippen molar-refractivity contribution < 1.29 is 0 Å². The highest BCUT2D eigenvalue weighted by atomic mass is 31.2. The summed E-state index contributed by atoms with van der Waals surface area (Å²) in [6.07, 6.45) is 6.81. The molecule has 0 unspecified atom stereocenters. The van der Waals surface area contributed by atoms with E-state index in [-0.39, 0.29) is 5.57 Å². The first kappa shape index (κ1) is 27.7. The largest absolute Gasteiger partial charge is 0.382 e. The molecule has 5 nitrogen and oxygen atoms in total.